The molecule has 0 unspecified atom stereocenters. The Balaban J connectivity index is 1.59. The van der Waals surface area contributed by atoms with Gasteiger partial charge in [0.05, 0.1) is 0 Å². The van der Waals surface area contributed by atoms with Crippen LogP contribution in [0.1, 0.15) is 18.4 Å². The minimum absolute atomic E-state index is 0.0981. The number of fused-ring (bicyclic) bond motifs is 1. The Morgan fingerprint density at radius 1 is 1.20 bits per heavy atom. The molecular formula is C19H20Cl2N3O4PS. The monoisotopic (exact) mass is 487 g/mol. The molecule has 1 fully saturated rings. The normalized spacial score (nSPS) is 15.8. The second-order valence-corrected chi connectivity index (χ2v) is 10.9. The lowest BCUT2D eigenvalue weighted by molar-refractivity contribution is 0.246. The summed E-state index contributed by atoms with van der Waals surface area (Å²) in [4.78, 5) is 34.0. The lowest BCUT2D eigenvalue weighted by Gasteiger charge is -2.25. The van der Waals surface area contributed by atoms with E-state index in [2.05, 4.69) is 5.32 Å². The number of nitrogens with zero attached hydrogens (tertiary/aromatic N) is 2. The fourth-order valence-corrected chi connectivity index (χ4v) is 5.94. The maximum Gasteiger partial charge on any atom is 0.345 e. The van der Waals surface area contributed by atoms with Gasteiger partial charge >= 0.3 is 13.6 Å². The summed E-state index contributed by atoms with van der Waals surface area (Å²) in [6, 6.07) is 10.6. The van der Waals surface area contributed by atoms with Gasteiger partial charge in [0.25, 0.3) is 0 Å². The van der Waals surface area contributed by atoms with Crippen LogP contribution in [0, 0.1) is 0 Å². The molecule has 2 aliphatic rings. The zero-order valence-electron chi connectivity index (χ0n) is 15.8. The average Bonchev–Trinajstić information content (AvgIpc) is 3.34. The second kappa shape index (κ2) is 8.61. The van der Waals surface area contributed by atoms with Gasteiger partial charge in [0.15, 0.2) is 0 Å². The third-order valence-electron chi connectivity index (χ3n) is 4.76. The van der Waals surface area contributed by atoms with Crippen molar-refractivity contribution in [3.63, 3.8) is 0 Å². The van der Waals surface area contributed by atoms with Crippen LogP contribution in [0.15, 0.2) is 41.3 Å². The van der Waals surface area contributed by atoms with Crippen molar-refractivity contribution in [2.45, 2.75) is 30.2 Å². The van der Waals surface area contributed by atoms with Crippen LogP contribution in [-0.2, 0) is 11.0 Å². The number of hydrogen-bond donors (Lipinski definition) is 3. The lowest BCUT2D eigenvalue weighted by Crippen LogP contribution is -2.40. The molecule has 2 aromatic rings. The highest BCUT2D eigenvalue weighted by atomic mass is 35.5. The molecule has 0 radical (unpaired) electrons. The van der Waals surface area contributed by atoms with Crippen molar-refractivity contribution >= 4 is 60.2 Å². The topological polar surface area (TPSA) is 93.1 Å². The number of hydrogen-bond acceptors (Lipinski definition) is 4. The highest BCUT2D eigenvalue weighted by Crippen LogP contribution is 2.43. The molecule has 1 aliphatic carbocycles. The number of nitrogens with one attached hydrogen (secondary N) is 1. The Morgan fingerprint density at radius 3 is 2.53 bits per heavy atom. The summed E-state index contributed by atoms with van der Waals surface area (Å²) in [7, 11) is -4.34. The molecule has 2 aromatic carbocycles. The molecule has 1 aliphatic heterocycles. The van der Waals surface area contributed by atoms with Gasteiger partial charge in [0, 0.05) is 38.9 Å². The molecule has 0 spiro atoms. The number of amides is 2. The summed E-state index contributed by atoms with van der Waals surface area (Å²) in [6.07, 6.45) is 2.24. The maximum absolute atomic E-state index is 12.4. The van der Waals surface area contributed by atoms with Crippen molar-refractivity contribution in [3.05, 3.63) is 52.0 Å². The molecule has 1 saturated carbocycles. The van der Waals surface area contributed by atoms with E-state index in [4.69, 9.17) is 23.2 Å². The maximum atomic E-state index is 12.4. The summed E-state index contributed by atoms with van der Waals surface area (Å²) in [6.45, 7) is 0.576. The highest BCUT2D eigenvalue weighted by Gasteiger charge is 2.30. The van der Waals surface area contributed by atoms with E-state index in [-0.39, 0.29) is 12.1 Å². The Kier molecular flexibility index (Phi) is 6.26. The second-order valence-electron chi connectivity index (χ2n) is 7.32. The number of urea groups is 1. The van der Waals surface area contributed by atoms with Crippen molar-refractivity contribution in [2.75, 3.05) is 22.0 Å². The van der Waals surface area contributed by atoms with E-state index in [9.17, 15) is 19.1 Å². The predicted molar refractivity (Wildman–Crippen MR) is 121 cm³/mol. The molecular weight excluding hydrogens is 468 g/mol. The van der Waals surface area contributed by atoms with E-state index >= 15 is 0 Å². The smallest absolute Gasteiger partial charge is 0.335 e. The molecule has 4 rings (SSSR count). The summed E-state index contributed by atoms with van der Waals surface area (Å²) < 4.78 is 13.3. The van der Waals surface area contributed by atoms with Crippen molar-refractivity contribution in [2.24, 2.45) is 0 Å². The molecule has 0 bridgehead atoms. The van der Waals surface area contributed by atoms with Crippen LogP contribution in [0.25, 0.3) is 0 Å². The summed E-state index contributed by atoms with van der Waals surface area (Å²) in [5.41, 5.74) is 2.41. The van der Waals surface area contributed by atoms with Crippen LogP contribution in [0.3, 0.4) is 0 Å². The summed E-state index contributed by atoms with van der Waals surface area (Å²) >= 11 is 13.3. The van der Waals surface area contributed by atoms with Crippen LogP contribution in [0.4, 0.5) is 16.2 Å². The zero-order chi connectivity index (χ0) is 21.5. The van der Waals surface area contributed by atoms with E-state index in [1.807, 2.05) is 12.1 Å². The van der Waals surface area contributed by atoms with Gasteiger partial charge in [-0.3, -0.25) is 13.8 Å². The average molecular weight is 488 g/mol. The molecule has 7 nitrogen and oxygen atoms in total. The van der Waals surface area contributed by atoms with Gasteiger partial charge in [-0.25, -0.2) is 4.79 Å². The SMILES string of the molecule is O=C(NC1CC1)N1CCc2cc(N(CP(=O)(O)O)Sc3cc(Cl)cc(Cl)c3)ccc21. The first-order valence-corrected chi connectivity index (χ1v) is 12.7. The lowest BCUT2D eigenvalue weighted by atomic mass is 10.1. The van der Waals surface area contributed by atoms with Gasteiger partial charge in [0.2, 0.25) is 0 Å². The first-order chi connectivity index (χ1) is 14.2. The van der Waals surface area contributed by atoms with E-state index in [0.717, 1.165) is 36.0 Å². The molecule has 2 amide bonds. The molecule has 0 aromatic heterocycles. The summed E-state index contributed by atoms with van der Waals surface area (Å²) in [5, 5.41) is 3.87. The Morgan fingerprint density at radius 2 is 1.90 bits per heavy atom. The molecule has 160 valence electrons. The minimum atomic E-state index is -4.34. The third kappa shape index (κ3) is 5.44. The van der Waals surface area contributed by atoms with Gasteiger partial charge < -0.3 is 15.1 Å². The van der Waals surface area contributed by atoms with E-state index in [1.165, 1.54) is 4.31 Å². The van der Waals surface area contributed by atoms with Crippen LogP contribution >= 0.6 is 42.7 Å². The first-order valence-electron chi connectivity index (χ1n) is 9.35. The molecule has 30 heavy (non-hydrogen) atoms. The van der Waals surface area contributed by atoms with Gasteiger partial charge in [0.1, 0.15) is 6.29 Å². The molecule has 1 heterocycles. The van der Waals surface area contributed by atoms with Gasteiger partial charge in [-0.2, -0.15) is 0 Å². The molecule has 3 N–H and O–H groups in total. The molecule has 0 atom stereocenters. The Hall–Kier alpha value is -1.41. The van der Waals surface area contributed by atoms with Gasteiger partial charge in [-0.05, 0) is 73.2 Å². The first kappa shape index (κ1) is 21.8. The number of carbonyl (C=O) groups is 1. The number of anilines is 2. The quantitative estimate of drug-likeness (QED) is 0.397. The fraction of sp³-hybridized carbons (Fsp3) is 0.316. The van der Waals surface area contributed by atoms with E-state index in [0.29, 0.717) is 33.6 Å². The number of carbonyl (C=O) groups excluding carboxylic acids is 1. The standard InChI is InChI=1S/C19H20Cl2N3O4PS/c20-13-8-14(21)10-17(9-13)30-24(11-29(26,27)28)16-3-4-18-12(7-16)5-6-23(18)19(25)22-15-1-2-15/h3-4,7-10,15H,1-2,5-6,11H2,(H,22,25)(H2,26,27,28). The third-order valence-corrected chi connectivity index (χ3v) is 7.05. The van der Waals surface area contributed by atoms with Gasteiger partial charge in [-0.1, -0.05) is 23.2 Å². The van der Waals surface area contributed by atoms with Crippen molar-refractivity contribution < 1.29 is 19.1 Å². The largest absolute Gasteiger partial charge is 0.345 e. The van der Waals surface area contributed by atoms with Crippen molar-refractivity contribution in [1.29, 1.82) is 0 Å². The predicted octanol–water partition coefficient (Wildman–Crippen LogP) is 4.88. The van der Waals surface area contributed by atoms with Gasteiger partial charge in [-0.15, -0.1) is 0 Å². The van der Waals surface area contributed by atoms with Crippen molar-refractivity contribution in [3.8, 4) is 0 Å². The fourth-order valence-electron chi connectivity index (χ4n) is 3.27. The zero-order valence-corrected chi connectivity index (χ0v) is 19.0. The van der Waals surface area contributed by atoms with Crippen LogP contribution in [0.5, 0.6) is 0 Å². The Labute approximate surface area is 188 Å². The molecule has 0 saturated heterocycles. The van der Waals surface area contributed by atoms with Crippen molar-refractivity contribution in [1.82, 2.24) is 5.32 Å². The number of halogens is 2. The van der Waals surface area contributed by atoms with Crippen LogP contribution in [0.2, 0.25) is 10.0 Å². The highest BCUT2D eigenvalue weighted by molar-refractivity contribution is 8.01. The summed E-state index contributed by atoms with van der Waals surface area (Å²) in [5.74, 6) is 0. The Bertz CT molecular complexity index is 1010. The number of rotatable bonds is 6. The van der Waals surface area contributed by atoms with E-state index in [1.54, 1.807) is 29.2 Å². The van der Waals surface area contributed by atoms with Crippen LogP contribution in [-0.4, -0.2) is 34.7 Å². The van der Waals surface area contributed by atoms with E-state index < -0.39 is 13.9 Å². The number of benzene rings is 2. The molecule has 11 heteroatoms. The van der Waals surface area contributed by atoms with Crippen LogP contribution < -0.4 is 14.5 Å². The minimum Gasteiger partial charge on any atom is -0.335 e.